The number of hydrogen-bond donors (Lipinski definition) is 2. The van der Waals surface area contributed by atoms with Crippen LogP contribution >= 0.6 is 0 Å². The van der Waals surface area contributed by atoms with Crippen molar-refractivity contribution in [3.8, 4) is 5.75 Å². The minimum Gasteiger partial charge on any atom is -0.494 e. The van der Waals surface area contributed by atoms with Gasteiger partial charge in [0.25, 0.3) is 0 Å². The Morgan fingerprint density at radius 3 is 2.81 bits per heavy atom. The molecule has 21 heavy (non-hydrogen) atoms. The van der Waals surface area contributed by atoms with Gasteiger partial charge in [-0.25, -0.2) is 0 Å². The second-order valence-electron chi connectivity index (χ2n) is 5.79. The number of nitrogens with one attached hydrogen (secondary N) is 2. The number of ether oxygens (including phenoxy) is 1. The van der Waals surface area contributed by atoms with E-state index < -0.39 is 0 Å². The number of amides is 1. The van der Waals surface area contributed by atoms with E-state index in [1.54, 1.807) is 0 Å². The van der Waals surface area contributed by atoms with Crippen molar-refractivity contribution in [2.75, 3.05) is 13.2 Å². The van der Waals surface area contributed by atoms with Crippen LogP contribution < -0.4 is 15.4 Å². The SMILES string of the molecule is CCCOc1ccc(CNC(=O)[C@H]2CCN[C@@H](C)C2)cc1. The molecule has 2 atom stereocenters. The van der Waals surface area contributed by atoms with Crippen molar-refractivity contribution < 1.29 is 9.53 Å². The number of piperidine rings is 1. The average molecular weight is 290 g/mol. The van der Waals surface area contributed by atoms with Crippen LogP contribution in [0.15, 0.2) is 24.3 Å². The third-order valence-electron chi connectivity index (χ3n) is 3.86. The van der Waals surface area contributed by atoms with Gasteiger partial charge in [-0.3, -0.25) is 4.79 Å². The molecule has 1 saturated heterocycles. The van der Waals surface area contributed by atoms with Gasteiger partial charge in [0.05, 0.1) is 6.61 Å². The number of rotatable bonds is 6. The van der Waals surface area contributed by atoms with E-state index >= 15 is 0 Å². The van der Waals surface area contributed by atoms with Gasteiger partial charge in [0.15, 0.2) is 0 Å². The van der Waals surface area contributed by atoms with E-state index in [9.17, 15) is 4.79 Å². The normalized spacial score (nSPS) is 21.8. The van der Waals surface area contributed by atoms with Crippen LogP contribution in [0.3, 0.4) is 0 Å². The number of carbonyl (C=O) groups is 1. The monoisotopic (exact) mass is 290 g/mol. The molecule has 2 rings (SSSR count). The molecule has 1 aromatic carbocycles. The molecular weight excluding hydrogens is 264 g/mol. The van der Waals surface area contributed by atoms with Crippen LogP contribution in [0.4, 0.5) is 0 Å². The van der Waals surface area contributed by atoms with E-state index in [2.05, 4.69) is 24.5 Å². The molecule has 1 aliphatic heterocycles. The molecule has 1 fully saturated rings. The first-order valence-corrected chi connectivity index (χ1v) is 7.92. The van der Waals surface area contributed by atoms with E-state index in [0.717, 1.165) is 43.7 Å². The van der Waals surface area contributed by atoms with E-state index in [1.165, 1.54) is 0 Å². The molecular formula is C17H26N2O2. The van der Waals surface area contributed by atoms with Crippen LogP contribution in [-0.4, -0.2) is 25.1 Å². The Bertz CT molecular complexity index is 445. The zero-order chi connectivity index (χ0) is 15.1. The van der Waals surface area contributed by atoms with E-state index in [0.29, 0.717) is 12.6 Å². The highest BCUT2D eigenvalue weighted by Crippen LogP contribution is 2.17. The lowest BCUT2D eigenvalue weighted by atomic mass is 9.92. The molecule has 4 heteroatoms. The number of benzene rings is 1. The van der Waals surface area contributed by atoms with E-state index in [-0.39, 0.29) is 11.8 Å². The molecule has 4 nitrogen and oxygen atoms in total. The van der Waals surface area contributed by atoms with Gasteiger partial charge in [-0.1, -0.05) is 19.1 Å². The second kappa shape index (κ2) is 8.03. The van der Waals surface area contributed by atoms with Crippen LogP contribution in [0.25, 0.3) is 0 Å². The topological polar surface area (TPSA) is 50.4 Å². The second-order valence-corrected chi connectivity index (χ2v) is 5.79. The summed E-state index contributed by atoms with van der Waals surface area (Å²) in [7, 11) is 0. The zero-order valence-corrected chi connectivity index (χ0v) is 13.0. The Kier molecular flexibility index (Phi) is 6.05. The Morgan fingerprint density at radius 1 is 1.38 bits per heavy atom. The molecule has 0 spiro atoms. The molecule has 1 amide bonds. The molecule has 0 aromatic heterocycles. The maximum atomic E-state index is 12.2. The van der Waals surface area contributed by atoms with E-state index in [1.807, 2.05) is 24.3 Å². The minimum absolute atomic E-state index is 0.147. The largest absolute Gasteiger partial charge is 0.494 e. The predicted octanol–water partition coefficient (Wildman–Crippen LogP) is 2.48. The lowest BCUT2D eigenvalue weighted by Gasteiger charge is -2.27. The zero-order valence-electron chi connectivity index (χ0n) is 13.0. The fourth-order valence-electron chi connectivity index (χ4n) is 2.63. The van der Waals surface area contributed by atoms with Crippen LogP contribution in [0, 0.1) is 5.92 Å². The van der Waals surface area contributed by atoms with Crippen LogP contribution in [0.2, 0.25) is 0 Å². The maximum Gasteiger partial charge on any atom is 0.223 e. The molecule has 2 N–H and O–H groups in total. The Hall–Kier alpha value is -1.55. The van der Waals surface area contributed by atoms with Crippen molar-refractivity contribution in [2.45, 2.75) is 45.7 Å². The highest BCUT2D eigenvalue weighted by molar-refractivity contribution is 5.78. The molecule has 1 aliphatic rings. The van der Waals surface area contributed by atoms with Gasteiger partial charge in [-0.2, -0.15) is 0 Å². The number of carbonyl (C=O) groups excluding carboxylic acids is 1. The van der Waals surface area contributed by atoms with Crippen LogP contribution in [-0.2, 0) is 11.3 Å². The summed E-state index contributed by atoms with van der Waals surface area (Å²) in [5, 5.41) is 6.41. The van der Waals surface area contributed by atoms with Gasteiger partial charge >= 0.3 is 0 Å². The molecule has 0 radical (unpaired) electrons. The van der Waals surface area contributed by atoms with Crippen LogP contribution in [0.1, 0.15) is 38.7 Å². The smallest absolute Gasteiger partial charge is 0.223 e. The summed E-state index contributed by atoms with van der Waals surface area (Å²) in [5.74, 6) is 1.21. The first kappa shape index (κ1) is 15.8. The number of hydrogen-bond acceptors (Lipinski definition) is 3. The minimum atomic E-state index is 0.147. The Labute approximate surface area is 127 Å². The van der Waals surface area contributed by atoms with Gasteiger partial charge < -0.3 is 15.4 Å². The summed E-state index contributed by atoms with van der Waals surface area (Å²) in [4.78, 5) is 12.2. The molecule has 0 bridgehead atoms. The first-order valence-electron chi connectivity index (χ1n) is 7.92. The van der Waals surface area contributed by atoms with Crippen molar-refractivity contribution in [3.63, 3.8) is 0 Å². The molecule has 116 valence electrons. The first-order chi connectivity index (χ1) is 10.2. The van der Waals surface area contributed by atoms with Crippen molar-refractivity contribution >= 4 is 5.91 Å². The quantitative estimate of drug-likeness (QED) is 0.846. The molecule has 0 aliphatic carbocycles. The summed E-state index contributed by atoms with van der Waals surface area (Å²) < 4.78 is 5.55. The molecule has 1 aromatic rings. The van der Waals surface area contributed by atoms with Gasteiger partial charge in [0.2, 0.25) is 5.91 Å². The third kappa shape index (κ3) is 5.05. The van der Waals surface area contributed by atoms with Gasteiger partial charge in [-0.15, -0.1) is 0 Å². The fourth-order valence-corrected chi connectivity index (χ4v) is 2.63. The maximum absolute atomic E-state index is 12.2. The predicted molar refractivity (Wildman–Crippen MR) is 84.3 cm³/mol. The highest BCUT2D eigenvalue weighted by Gasteiger charge is 2.24. The van der Waals surface area contributed by atoms with Crippen molar-refractivity contribution in [3.05, 3.63) is 29.8 Å². The average Bonchev–Trinajstić information content (AvgIpc) is 2.51. The van der Waals surface area contributed by atoms with E-state index in [4.69, 9.17) is 4.74 Å². The van der Waals surface area contributed by atoms with Crippen molar-refractivity contribution in [2.24, 2.45) is 5.92 Å². The Balaban J connectivity index is 1.78. The van der Waals surface area contributed by atoms with Crippen molar-refractivity contribution in [1.82, 2.24) is 10.6 Å². The molecule has 0 unspecified atom stereocenters. The van der Waals surface area contributed by atoms with Crippen LogP contribution in [0.5, 0.6) is 5.75 Å². The van der Waals surface area contributed by atoms with Crippen molar-refractivity contribution in [1.29, 1.82) is 0 Å². The third-order valence-corrected chi connectivity index (χ3v) is 3.86. The summed E-state index contributed by atoms with van der Waals surface area (Å²) in [6, 6.07) is 8.38. The standard InChI is InChI=1S/C17H26N2O2/c1-3-10-21-16-6-4-14(5-7-16)12-19-17(20)15-8-9-18-13(2)11-15/h4-7,13,15,18H,3,8-12H2,1-2H3,(H,19,20)/t13-,15-/m0/s1. The van der Waals surface area contributed by atoms with Gasteiger partial charge in [-0.05, 0) is 50.4 Å². The summed E-state index contributed by atoms with van der Waals surface area (Å²) in [5.41, 5.74) is 1.11. The Morgan fingerprint density at radius 2 is 2.14 bits per heavy atom. The fraction of sp³-hybridized carbons (Fsp3) is 0.588. The summed E-state index contributed by atoms with van der Waals surface area (Å²) >= 11 is 0. The molecule has 1 heterocycles. The lowest BCUT2D eigenvalue weighted by Crippen LogP contribution is -2.42. The lowest BCUT2D eigenvalue weighted by molar-refractivity contribution is -0.126. The molecule has 0 saturated carbocycles. The highest BCUT2D eigenvalue weighted by atomic mass is 16.5. The summed E-state index contributed by atoms with van der Waals surface area (Å²) in [6.07, 6.45) is 2.86. The van der Waals surface area contributed by atoms with Gasteiger partial charge in [0.1, 0.15) is 5.75 Å². The van der Waals surface area contributed by atoms with Gasteiger partial charge in [0, 0.05) is 18.5 Å². The summed E-state index contributed by atoms with van der Waals surface area (Å²) in [6.45, 7) is 6.48.